The number of rotatable bonds is 2. The number of Topliss-reactive ketones (excluding diaryl/α,β-unsaturated/α-hetero) is 1. The maximum atomic E-state index is 13.8. The van der Waals surface area contributed by atoms with Crippen LogP contribution in [-0.2, 0) is 9.53 Å². The molecular weight excluding hydrogens is 486 g/mol. The number of carbonyl (C=O) groups excluding carboxylic acids is 2. The molecule has 212 valence electrons. The summed E-state index contributed by atoms with van der Waals surface area (Å²) >= 11 is 0. The van der Waals surface area contributed by atoms with Gasteiger partial charge in [0.1, 0.15) is 11.9 Å². The van der Waals surface area contributed by atoms with Gasteiger partial charge in [-0.25, -0.2) is 4.79 Å². The van der Waals surface area contributed by atoms with E-state index < -0.39 is 5.60 Å². The number of benzene rings is 1. The standard InChI is InChI=1S/C34H47NO4/c1-20-9-12-31-34(3,38)27-11-10-23-24(26(27)19-35(31)18-20)16-28-25(23)17-30(36)29-15-22(13-14-33(28,29)2)39-32(37)21-7-5-4-6-8-21/h4-8,20,22-29,31,38H,9-19H2,1-3H3. The zero-order valence-corrected chi connectivity index (χ0v) is 24.1. The largest absolute Gasteiger partial charge is 0.459 e. The van der Waals surface area contributed by atoms with Crippen LogP contribution >= 0.6 is 0 Å². The SMILES string of the molecule is CC1CCC2N(C1)CC1C3CC4C(CC(=O)C5CC(OC(=O)c6ccccc6)CCC54C)C3CCC1C2(C)O. The van der Waals surface area contributed by atoms with E-state index in [1.807, 2.05) is 18.2 Å². The molecule has 1 aromatic rings. The quantitative estimate of drug-likeness (QED) is 0.490. The first kappa shape index (κ1) is 26.2. The van der Waals surface area contributed by atoms with Gasteiger partial charge in [0, 0.05) is 31.5 Å². The molecule has 5 heteroatoms. The van der Waals surface area contributed by atoms with Gasteiger partial charge in [0.05, 0.1) is 11.2 Å². The molecule has 2 aliphatic heterocycles. The second-order valence-corrected chi connectivity index (χ2v) is 15.0. The van der Waals surface area contributed by atoms with E-state index in [1.54, 1.807) is 12.1 Å². The molecule has 12 atom stereocenters. The first-order valence-electron chi connectivity index (χ1n) is 15.9. The van der Waals surface area contributed by atoms with E-state index in [0.717, 1.165) is 38.8 Å². The molecule has 4 aliphatic carbocycles. The fraction of sp³-hybridized carbons (Fsp3) is 0.765. The molecule has 0 amide bonds. The van der Waals surface area contributed by atoms with Crippen molar-refractivity contribution in [2.45, 2.75) is 96.3 Å². The Bertz CT molecular complexity index is 1120. The highest BCUT2D eigenvalue weighted by molar-refractivity contribution is 5.89. The predicted octanol–water partition coefficient (Wildman–Crippen LogP) is 5.75. The van der Waals surface area contributed by atoms with Crippen molar-refractivity contribution in [1.29, 1.82) is 0 Å². The maximum Gasteiger partial charge on any atom is 0.338 e. The van der Waals surface area contributed by atoms with Crippen molar-refractivity contribution in [3.8, 4) is 0 Å². The van der Waals surface area contributed by atoms with E-state index in [9.17, 15) is 14.7 Å². The summed E-state index contributed by atoms with van der Waals surface area (Å²) in [5.41, 5.74) is -0.0175. The molecule has 0 radical (unpaired) electrons. The zero-order valence-electron chi connectivity index (χ0n) is 24.1. The Morgan fingerprint density at radius 2 is 1.72 bits per heavy atom. The minimum absolute atomic E-state index is 0.00110. The van der Waals surface area contributed by atoms with Crippen molar-refractivity contribution >= 4 is 11.8 Å². The maximum absolute atomic E-state index is 13.8. The molecule has 4 saturated carbocycles. The second-order valence-electron chi connectivity index (χ2n) is 15.0. The average Bonchev–Trinajstić information content (AvgIpc) is 3.29. The van der Waals surface area contributed by atoms with Gasteiger partial charge in [0.15, 0.2) is 0 Å². The highest BCUT2D eigenvalue weighted by Crippen LogP contribution is 2.66. The van der Waals surface area contributed by atoms with E-state index in [1.165, 1.54) is 19.3 Å². The van der Waals surface area contributed by atoms with E-state index in [2.05, 4.69) is 25.7 Å². The van der Waals surface area contributed by atoms with Crippen LogP contribution in [0.15, 0.2) is 30.3 Å². The van der Waals surface area contributed by atoms with Crippen LogP contribution in [0.25, 0.3) is 0 Å². The number of hydrogen-bond donors (Lipinski definition) is 1. The minimum Gasteiger partial charge on any atom is -0.459 e. The van der Waals surface area contributed by atoms with Crippen LogP contribution in [0.2, 0.25) is 0 Å². The monoisotopic (exact) mass is 533 g/mol. The first-order chi connectivity index (χ1) is 18.7. The summed E-state index contributed by atoms with van der Waals surface area (Å²) in [5, 5.41) is 12.0. The average molecular weight is 534 g/mol. The molecule has 1 aromatic carbocycles. The van der Waals surface area contributed by atoms with Crippen molar-refractivity contribution in [3.63, 3.8) is 0 Å². The van der Waals surface area contributed by atoms with Gasteiger partial charge in [0.2, 0.25) is 0 Å². The lowest BCUT2D eigenvalue weighted by atomic mass is 9.51. The molecule has 6 fully saturated rings. The molecule has 5 nitrogen and oxygen atoms in total. The number of esters is 1. The van der Waals surface area contributed by atoms with Crippen molar-refractivity contribution in [2.75, 3.05) is 13.1 Å². The van der Waals surface area contributed by atoms with Gasteiger partial charge in [-0.15, -0.1) is 0 Å². The summed E-state index contributed by atoms with van der Waals surface area (Å²) in [6.07, 6.45) is 8.91. The highest BCUT2D eigenvalue weighted by Gasteiger charge is 2.64. The van der Waals surface area contributed by atoms with Gasteiger partial charge in [-0.05, 0) is 117 Å². The van der Waals surface area contributed by atoms with Crippen LogP contribution in [0, 0.1) is 52.8 Å². The van der Waals surface area contributed by atoms with Crippen LogP contribution < -0.4 is 0 Å². The van der Waals surface area contributed by atoms with E-state index >= 15 is 0 Å². The third-order valence-corrected chi connectivity index (χ3v) is 13.1. The number of carbonyl (C=O) groups is 2. The summed E-state index contributed by atoms with van der Waals surface area (Å²) in [6, 6.07) is 9.54. The lowest BCUT2D eigenvalue weighted by molar-refractivity contribution is -0.175. The van der Waals surface area contributed by atoms with Crippen molar-refractivity contribution in [3.05, 3.63) is 35.9 Å². The van der Waals surface area contributed by atoms with Gasteiger partial charge in [-0.1, -0.05) is 32.0 Å². The molecule has 0 spiro atoms. The Morgan fingerprint density at radius 3 is 2.51 bits per heavy atom. The fourth-order valence-electron chi connectivity index (χ4n) is 11.2. The third-order valence-electron chi connectivity index (χ3n) is 13.1. The highest BCUT2D eigenvalue weighted by atomic mass is 16.5. The molecular formula is C34H47NO4. The van der Waals surface area contributed by atoms with E-state index in [-0.39, 0.29) is 23.4 Å². The lowest BCUT2D eigenvalue weighted by Gasteiger charge is -2.59. The Hall–Kier alpha value is -1.72. The van der Waals surface area contributed by atoms with Crippen LogP contribution in [0.3, 0.4) is 0 Å². The van der Waals surface area contributed by atoms with Gasteiger partial charge in [-0.3, -0.25) is 9.69 Å². The summed E-state index contributed by atoms with van der Waals surface area (Å²) < 4.78 is 5.95. The summed E-state index contributed by atoms with van der Waals surface area (Å²) in [7, 11) is 0. The molecule has 0 bridgehead atoms. The van der Waals surface area contributed by atoms with Crippen molar-refractivity contribution in [2.24, 2.45) is 52.8 Å². The fourth-order valence-corrected chi connectivity index (χ4v) is 11.2. The molecule has 0 aromatic heterocycles. The minimum atomic E-state index is -0.606. The Kier molecular flexibility index (Phi) is 6.32. The number of hydrogen-bond acceptors (Lipinski definition) is 5. The van der Waals surface area contributed by atoms with Crippen molar-refractivity contribution in [1.82, 2.24) is 4.90 Å². The number of aliphatic hydroxyl groups is 1. The van der Waals surface area contributed by atoms with Gasteiger partial charge >= 0.3 is 5.97 Å². The second kappa shape index (κ2) is 9.41. The number of piperidine rings is 2. The third kappa shape index (κ3) is 4.08. The van der Waals surface area contributed by atoms with Crippen molar-refractivity contribution < 1.29 is 19.4 Å². The number of fused-ring (bicyclic) bond motifs is 8. The van der Waals surface area contributed by atoms with Gasteiger partial charge in [0.25, 0.3) is 0 Å². The first-order valence-corrected chi connectivity index (χ1v) is 15.9. The van der Waals surface area contributed by atoms with Crippen LogP contribution in [0.1, 0.15) is 88.9 Å². The summed E-state index contributed by atoms with van der Waals surface area (Å²) in [4.78, 5) is 29.2. The normalized spacial score (nSPS) is 49.2. The lowest BCUT2D eigenvalue weighted by Crippen LogP contribution is -2.67. The van der Waals surface area contributed by atoms with E-state index in [4.69, 9.17) is 4.74 Å². The van der Waals surface area contributed by atoms with Crippen LogP contribution in [0.4, 0.5) is 0 Å². The topological polar surface area (TPSA) is 66.8 Å². The Morgan fingerprint density at radius 1 is 0.923 bits per heavy atom. The van der Waals surface area contributed by atoms with Gasteiger partial charge < -0.3 is 9.84 Å². The predicted molar refractivity (Wildman–Crippen MR) is 150 cm³/mol. The molecule has 39 heavy (non-hydrogen) atoms. The smallest absolute Gasteiger partial charge is 0.338 e. The molecule has 6 aliphatic rings. The van der Waals surface area contributed by atoms with Crippen LogP contribution in [0.5, 0.6) is 0 Å². The Balaban J connectivity index is 1.10. The zero-order chi connectivity index (χ0) is 27.1. The molecule has 2 heterocycles. The number of nitrogens with zero attached hydrogens (tertiary/aromatic N) is 1. The number of ether oxygens (including phenoxy) is 1. The molecule has 2 saturated heterocycles. The summed E-state index contributed by atoms with van der Waals surface area (Å²) in [5.74, 6) is 4.12. The number of ketones is 1. The van der Waals surface area contributed by atoms with E-state index in [0.29, 0.717) is 71.7 Å². The summed E-state index contributed by atoms with van der Waals surface area (Å²) in [6.45, 7) is 9.18. The molecule has 7 rings (SSSR count). The van der Waals surface area contributed by atoms with Crippen LogP contribution in [-0.4, -0.2) is 52.6 Å². The molecule has 12 unspecified atom stereocenters. The van der Waals surface area contributed by atoms with Gasteiger partial charge in [-0.2, -0.15) is 0 Å². The molecule has 1 N–H and O–H groups in total. The Labute approximate surface area is 234 Å².